The van der Waals surface area contributed by atoms with E-state index < -0.39 is 156 Å². The van der Waals surface area contributed by atoms with Gasteiger partial charge in [0.05, 0.1) is 13.2 Å². The van der Waals surface area contributed by atoms with E-state index in [1.54, 1.807) is 0 Å². The summed E-state index contributed by atoms with van der Waals surface area (Å²) < 4.78 is 44.0. The summed E-state index contributed by atoms with van der Waals surface area (Å²) >= 11 is 0. The Labute approximate surface area is 275 Å². The highest BCUT2D eigenvalue weighted by atomic mass is 31.2. The number of hydrogen-bond donors (Lipinski definition) is 16. The van der Waals surface area contributed by atoms with Gasteiger partial charge < -0.3 is 115 Å². The highest BCUT2D eigenvalue weighted by molar-refractivity contribution is 7.45. The molecule has 288 valence electrons. The second-order valence-corrected chi connectivity index (χ2v) is 13.4. The van der Waals surface area contributed by atoms with Crippen molar-refractivity contribution in [2.24, 2.45) is 0 Å². The van der Waals surface area contributed by atoms with Crippen LogP contribution < -0.4 is 4.89 Å². The van der Waals surface area contributed by atoms with Crippen LogP contribution in [0, 0.1) is 0 Å². The maximum Gasteiger partial charge on any atom is 0.268 e. The van der Waals surface area contributed by atoms with Gasteiger partial charge >= 0.3 is 0 Å². The van der Waals surface area contributed by atoms with Crippen molar-refractivity contribution < 1.29 is 119 Å². The smallest absolute Gasteiger partial charge is 0.268 e. The summed E-state index contributed by atoms with van der Waals surface area (Å²) in [4.78, 5) is 13.0. The molecule has 23 atom stereocenters. The van der Waals surface area contributed by atoms with Gasteiger partial charge in [-0.3, -0.25) is 4.57 Å². The van der Waals surface area contributed by atoms with Gasteiger partial charge in [-0.1, -0.05) is 0 Å². The fourth-order valence-electron chi connectivity index (χ4n) is 5.91. The Balaban J connectivity index is 1.62. The Morgan fingerprint density at radius 2 is 0.755 bits per heavy atom. The number of hydrogen-bond acceptors (Lipinski definition) is 24. The third-order valence-corrected chi connectivity index (χ3v) is 9.88. The normalized spacial score (nSPS) is 54.0. The van der Waals surface area contributed by atoms with E-state index in [9.17, 15) is 91.2 Å². The lowest BCUT2D eigenvalue weighted by Crippen LogP contribution is -2.68. The summed E-state index contributed by atoms with van der Waals surface area (Å²) in [6.45, 7) is -1.94. The lowest BCUT2D eigenvalue weighted by molar-refractivity contribution is -0.382. The summed E-state index contributed by atoms with van der Waals surface area (Å²) in [5.41, 5.74) is 0. The van der Waals surface area contributed by atoms with Crippen LogP contribution in [-0.2, 0) is 32.6 Å². The van der Waals surface area contributed by atoms with Crippen LogP contribution in [0.1, 0.15) is 0 Å². The molecule has 0 bridgehead atoms. The zero-order chi connectivity index (χ0) is 36.9. The van der Waals surface area contributed by atoms with Gasteiger partial charge in [-0.05, 0) is 0 Å². The van der Waals surface area contributed by atoms with Gasteiger partial charge in [0.15, 0.2) is 12.6 Å². The predicted octanol–water partition coefficient (Wildman–Crippen LogP) is -11.5. The van der Waals surface area contributed by atoms with Gasteiger partial charge in [0, 0.05) is 0 Å². The molecule has 2 saturated heterocycles. The quantitative estimate of drug-likeness (QED) is 0.0923. The maximum atomic E-state index is 13.0. The topological polar surface area (TPSA) is 419 Å². The minimum atomic E-state index is -6.04. The van der Waals surface area contributed by atoms with Gasteiger partial charge in [0.2, 0.25) is 0 Å². The average molecular weight is 746 g/mol. The highest BCUT2D eigenvalue weighted by Crippen LogP contribution is 2.47. The Kier molecular flexibility index (Phi) is 13.5. The van der Waals surface area contributed by atoms with Gasteiger partial charge in [-0.25, -0.2) is 0 Å². The molecule has 0 spiro atoms. The molecule has 4 aliphatic rings. The molecule has 4 fully saturated rings. The molecule has 2 saturated carbocycles. The van der Waals surface area contributed by atoms with Crippen molar-refractivity contribution in [1.82, 2.24) is 0 Å². The van der Waals surface area contributed by atoms with Crippen molar-refractivity contribution in [2.75, 3.05) is 13.2 Å². The van der Waals surface area contributed by atoms with Crippen LogP contribution in [0.15, 0.2) is 0 Å². The van der Waals surface area contributed by atoms with Gasteiger partial charge in [-0.15, -0.1) is 0 Å². The van der Waals surface area contributed by atoms with Crippen LogP contribution in [0.2, 0.25) is 0 Å². The Morgan fingerprint density at radius 3 is 1.24 bits per heavy atom. The van der Waals surface area contributed by atoms with Gasteiger partial charge in [0.25, 0.3) is 7.82 Å². The maximum absolute atomic E-state index is 13.0. The fraction of sp³-hybridized carbons (Fsp3) is 1.00. The van der Waals surface area contributed by atoms with Crippen molar-refractivity contribution in [3.63, 3.8) is 0 Å². The number of aliphatic hydroxyl groups excluding tert-OH is 16. The van der Waals surface area contributed by atoms with Gasteiger partial charge in [-0.2, -0.15) is 0 Å². The molecule has 0 aromatic heterocycles. The average Bonchev–Trinajstić information content (AvgIpc) is 3.07. The van der Waals surface area contributed by atoms with Crippen LogP contribution in [0.4, 0.5) is 0 Å². The molecule has 0 aromatic carbocycles. The van der Waals surface area contributed by atoms with E-state index in [1.165, 1.54) is 0 Å². The molecule has 24 nitrogen and oxygen atoms in total. The van der Waals surface area contributed by atoms with E-state index in [1.807, 2.05) is 0 Å². The third-order valence-electron chi connectivity index (χ3n) is 8.88. The molecular weight excluding hydrogens is 703 g/mol. The van der Waals surface area contributed by atoms with E-state index in [2.05, 4.69) is 4.52 Å². The van der Waals surface area contributed by atoms with Crippen LogP contribution in [0.5, 0.6) is 0 Å². The first-order valence-electron chi connectivity index (χ1n) is 14.8. The number of phosphoric acid groups is 1. The standard InChI is InChI=1S/C24H43O24P/c25-1-3-5(27)7(29)18(40)23(43-3)46-22-13(35)6(28)4(2-26)44-24(22)45-20-16(38)11(33)12(34)17(39)21(20)48-49(41,42)47-19-14(36)9(31)8(30)10(32)15(19)37/h3-40H,1-2H2,(H,41,42)/p-1/t3-,4-,5-,6-,7+,8?,9-,10+,11-,12-,13+,14-,15-,16+,17+,18+,19?,20+,21-,22+,23-,24-/m1/s1. The minimum absolute atomic E-state index is 0.917. The second kappa shape index (κ2) is 16.1. The van der Waals surface area contributed by atoms with E-state index in [4.69, 9.17) is 23.5 Å². The SMILES string of the molecule is O=P([O-])(OC1[C@H](O)[C@H](O)C(O)[C@H](O)[C@H]1O)O[C@@H]1[C@@H](O)[C@H](O)[C@@H](O)[C@H](O)[C@@H]1O[C@H]1O[C@H](CO)[C@@H](O)[C@H](O)[C@@H]1O[C@H]1O[C@H](CO)[C@@H](O)[C@H](O)[C@@H]1O. The molecule has 49 heavy (non-hydrogen) atoms. The molecule has 16 N–H and O–H groups in total. The van der Waals surface area contributed by atoms with E-state index in [-0.39, 0.29) is 0 Å². The second-order valence-electron chi connectivity index (χ2n) is 12.1. The molecule has 25 heteroatoms. The van der Waals surface area contributed by atoms with Crippen molar-refractivity contribution >= 4 is 7.82 Å². The van der Waals surface area contributed by atoms with Crippen molar-refractivity contribution in [2.45, 2.75) is 135 Å². The van der Waals surface area contributed by atoms with Crippen LogP contribution >= 0.6 is 7.82 Å². The largest absolute Gasteiger partial charge is 0.756 e. The van der Waals surface area contributed by atoms with Crippen LogP contribution in [0.3, 0.4) is 0 Å². The molecule has 0 radical (unpaired) electrons. The third kappa shape index (κ3) is 8.13. The van der Waals surface area contributed by atoms with Crippen molar-refractivity contribution in [1.29, 1.82) is 0 Å². The monoisotopic (exact) mass is 745 g/mol. The lowest BCUT2D eigenvalue weighted by Gasteiger charge is -2.50. The summed E-state index contributed by atoms with van der Waals surface area (Å²) in [6.07, 6.45) is -48.0. The summed E-state index contributed by atoms with van der Waals surface area (Å²) in [5, 5.41) is 163. The van der Waals surface area contributed by atoms with Crippen molar-refractivity contribution in [3.8, 4) is 0 Å². The Morgan fingerprint density at radius 1 is 0.429 bits per heavy atom. The van der Waals surface area contributed by atoms with E-state index in [0.717, 1.165) is 0 Å². The fourth-order valence-corrected chi connectivity index (χ4v) is 7.05. The summed E-state index contributed by atoms with van der Waals surface area (Å²) in [5.74, 6) is 0. The highest BCUT2D eigenvalue weighted by Gasteiger charge is 2.57. The van der Waals surface area contributed by atoms with E-state index in [0.29, 0.717) is 0 Å². The molecule has 3 unspecified atom stereocenters. The molecule has 2 heterocycles. The number of rotatable bonds is 10. The van der Waals surface area contributed by atoms with Crippen molar-refractivity contribution in [3.05, 3.63) is 0 Å². The number of aliphatic hydroxyl groups is 16. The summed E-state index contributed by atoms with van der Waals surface area (Å²) in [6, 6.07) is 0. The molecule has 4 rings (SSSR count). The number of ether oxygens (including phenoxy) is 4. The predicted molar refractivity (Wildman–Crippen MR) is 143 cm³/mol. The zero-order valence-electron chi connectivity index (χ0n) is 25.0. The molecule has 2 aliphatic heterocycles. The number of phosphoric ester groups is 1. The van der Waals surface area contributed by atoms with E-state index >= 15 is 0 Å². The summed E-state index contributed by atoms with van der Waals surface area (Å²) in [7, 11) is -6.04. The van der Waals surface area contributed by atoms with Gasteiger partial charge in [0.1, 0.15) is 122 Å². The zero-order valence-corrected chi connectivity index (χ0v) is 25.9. The molecule has 0 aromatic rings. The first-order chi connectivity index (χ1) is 22.8. The Bertz CT molecular complexity index is 1100. The first kappa shape index (κ1) is 41.1. The molecule has 0 amide bonds. The molecule has 2 aliphatic carbocycles. The minimum Gasteiger partial charge on any atom is -0.756 e. The molecular formula is C24H42O24P-. The van der Waals surface area contributed by atoms with Crippen LogP contribution in [0.25, 0.3) is 0 Å². The first-order valence-corrected chi connectivity index (χ1v) is 16.3. The lowest BCUT2D eigenvalue weighted by atomic mass is 9.84. The Hall–Kier alpha value is -0.690. The van der Waals surface area contributed by atoms with Crippen LogP contribution in [-0.4, -0.2) is 230 Å².